The van der Waals surface area contributed by atoms with Crippen LogP contribution in [0.4, 0.5) is 0 Å². The van der Waals surface area contributed by atoms with Crippen LogP contribution in [0.1, 0.15) is 22.6 Å². The van der Waals surface area contributed by atoms with E-state index in [1.807, 2.05) is 13.8 Å². The Hall–Kier alpha value is -2.43. The molecule has 0 aromatic carbocycles. The Labute approximate surface area is 152 Å². The van der Waals surface area contributed by atoms with Gasteiger partial charge in [-0.15, -0.1) is 0 Å². The minimum Gasteiger partial charge on any atom is -0.477 e. The average molecular weight is 354 g/mol. The lowest BCUT2D eigenvalue weighted by Gasteiger charge is -2.27. The smallest absolute Gasteiger partial charge is 0.213 e. The molecular formula is C19H22N4O3. The molecule has 2 aromatic rings. The van der Waals surface area contributed by atoms with Gasteiger partial charge in [-0.3, -0.25) is 4.90 Å². The van der Waals surface area contributed by atoms with E-state index < -0.39 is 0 Å². The summed E-state index contributed by atoms with van der Waals surface area (Å²) >= 11 is 0. The molecule has 2 saturated heterocycles. The highest BCUT2D eigenvalue weighted by molar-refractivity contribution is 5.28. The third-order valence-corrected chi connectivity index (χ3v) is 5.53. The fraction of sp³-hybridized carbons (Fsp3) is 0.526. The van der Waals surface area contributed by atoms with Gasteiger partial charge in [0.15, 0.2) is 0 Å². The van der Waals surface area contributed by atoms with E-state index in [4.69, 9.17) is 19.3 Å². The van der Waals surface area contributed by atoms with Crippen molar-refractivity contribution in [1.29, 1.82) is 5.26 Å². The Bertz CT molecular complexity index is 807. The third kappa shape index (κ3) is 3.06. The molecule has 4 rings (SSSR count). The molecule has 0 amide bonds. The van der Waals surface area contributed by atoms with Crippen molar-refractivity contribution < 1.29 is 14.0 Å². The first-order chi connectivity index (χ1) is 12.6. The molecule has 2 atom stereocenters. The van der Waals surface area contributed by atoms with Crippen LogP contribution < -0.4 is 4.74 Å². The first-order valence-electron chi connectivity index (χ1n) is 8.80. The molecule has 0 bridgehead atoms. The number of rotatable bonds is 5. The van der Waals surface area contributed by atoms with E-state index in [2.05, 4.69) is 21.1 Å². The number of aryl methyl sites for hydroxylation is 2. The second-order valence-corrected chi connectivity index (χ2v) is 7.33. The van der Waals surface area contributed by atoms with Crippen molar-refractivity contribution >= 4 is 0 Å². The van der Waals surface area contributed by atoms with Gasteiger partial charge in [0, 0.05) is 48.8 Å². The maximum atomic E-state index is 8.86. The average Bonchev–Trinajstić information content (AvgIpc) is 3.28. The summed E-state index contributed by atoms with van der Waals surface area (Å²) in [4.78, 5) is 6.64. The molecule has 0 aliphatic carbocycles. The van der Waals surface area contributed by atoms with E-state index in [0.717, 1.165) is 37.7 Å². The number of ether oxygens (including phenoxy) is 2. The Morgan fingerprint density at radius 2 is 2.31 bits per heavy atom. The molecule has 4 heterocycles. The molecule has 136 valence electrons. The number of fused-ring (bicyclic) bond motifs is 1. The van der Waals surface area contributed by atoms with Gasteiger partial charge in [-0.25, -0.2) is 4.98 Å². The van der Waals surface area contributed by atoms with Crippen molar-refractivity contribution in [3.8, 4) is 11.9 Å². The van der Waals surface area contributed by atoms with Gasteiger partial charge in [-0.05, 0) is 19.9 Å². The fourth-order valence-electron chi connectivity index (χ4n) is 3.97. The van der Waals surface area contributed by atoms with Crippen LogP contribution in [0, 0.1) is 36.5 Å². The van der Waals surface area contributed by atoms with Crippen LogP contribution in [0.2, 0.25) is 0 Å². The predicted molar refractivity (Wildman–Crippen MR) is 92.4 cm³/mol. The van der Waals surface area contributed by atoms with Crippen LogP contribution in [0.3, 0.4) is 0 Å². The Balaban J connectivity index is 1.43. The van der Waals surface area contributed by atoms with E-state index in [9.17, 15) is 0 Å². The number of nitrogens with zero attached hydrogens (tertiary/aromatic N) is 4. The van der Waals surface area contributed by atoms with Crippen molar-refractivity contribution in [3.63, 3.8) is 0 Å². The molecule has 2 aliphatic heterocycles. The second-order valence-electron chi connectivity index (χ2n) is 7.33. The summed E-state index contributed by atoms with van der Waals surface area (Å²) in [5, 5.41) is 12.9. The SMILES string of the molecule is Cc1noc(C)c1CN1C[C@@H]2COC[C@]2(COc2ccc(C#N)cn2)C1. The van der Waals surface area contributed by atoms with Crippen molar-refractivity contribution in [2.24, 2.45) is 11.3 Å². The molecule has 0 spiro atoms. The van der Waals surface area contributed by atoms with E-state index in [0.29, 0.717) is 30.6 Å². The lowest BCUT2D eigenvalue weighted by atomic mass is 9.82. The lowest BCUT2D eigenvalue weighted by Crippen LogP contribution is -2.37. The van der Waals surface area contributed by atoms with Crippen molar-refractivity contribution in [1.82, 2.24) is 15.0 Å². The Kier molecular flexibility index (Phi) is 4.39. The summed E-state index contributed by atoms with van der Waals surface area (Å²) in [6, 6.07) is 5.54. The number of aromatic nitrogens is 2. The van der Waals surface area contributed by atoms with Crippen LogP contribution in [-0.4, -0.2) is 48.0 Å². The largest absolute Gasteiger partial charge is 0.477 e. The van der Waals surface area contributed by atoms with E-state index in [1.165, 1.54) is 11.8 Å². The standard InChI is InChI=1S/C19H22N4O3/c1-13-17(14(2)26-22-13)8-23-7-16-9-24-11-19(16,10-23)12-25-18-4-3-15(5-20)6-21-18/h3-4,6,16H,7-12H2,1-2H3/t16-,19+/m1/s1. The van der Waals surface area contributed by atoms with Crippen molar-refractivity contribution in [2.45, 2.75) is 20.4 Å². The molecule has 2 aliphatic rings. The molecule has 2 aromatic heterocycles. The van der Waals surface area contributed by atoms with Gasteiger partial charge in [-0.2, -0.15) is 5.26 Å². The van der Waals surface area contributed by atoms with Gasteiger partial charge >= 0.3 is 0 Å². The second kappa shape index (κ2) is 6.71. The summed E-state index contributed by atoms with van der Waals surface area (Å²) in [7, 11) is 0. The fourth-order valence-corrected chi connectivity index (χ4v) is 3.97. The maximum absolute atomic E-state index is 8.86. The van der Waals surface area contributed by atoms with Gasteiger partial charge in [-0.1, -0.05) is 5.16 Å². The topological polar surface area (TPSA) is 84.4 Å². The van der Waals surface area contributed by atoms with Crippen molar-refractivity contribution in [2.75, 3.05) is 32.9 Å². The minimum atomic E-state index is -0.0193. The molecule has 0 saturated carbocycles. The van der Waals surface area contributed by atoms with Gasteiger partial charge in [0.1, 0.15) is 11.8 Å². The highest BCUT2D eigenvalue weighted by atomic mass is 16.5. The molecule has 7 heteroatoms. The molecular weight excluding hydrogens is 332 g/mol. The first-order valence-corrected chi connectivity index (χ1v) is 8.80. The molecule has 2 fully saturated rings. The predicted octanol–water partition coefficient (Wildman–Crippen LogP) is 2.09. The summed E-state index contributed by atoms with van der Waals surface area (Å²) in [6.45, 7) is 8.72. The monoisotopic (exact) mass is 354 g/mol. The molecule has 26 heavy (non-hydrogen) atoms. The maximum Gasteiger partial charge on any atom is 0.213 e. The van der Waals surface area contributed by atoms with E-state index in [-0.39, 0.29) is 5.41 Å². The highest BCUT2D eigenvalue weighted by Gasteiger charge is 2.51. The van der Waals surface area contributed by atoms with Crippen LogP contribution in [0.25, 0.3) is 0 Å². The number of pyridine rings is 1. The molecule has 7 nitrogen and oxygen atoms in total. The normalized spacial score (nSPS) is 25.2. The first kappa shape index (κ1) is 17.0. The summed E-state index contributed by atoms with van der Waals surface area (Å²) in [5.74, 6) is 1.89. The zero-order valence-electron chi connectivity index (χ0n) is 15.1. The Morgan fingerprint density at radius 1 is 1.42 bits per heavy atom. The highest BCUT2D eigenvalue weighted by Crippen LogP contribution is 2.42. The van der Waals surface area contributed by atoms with E-state index in [1.54, 1.807) is 12.1 Å². The number of likely N-dealkylation sites (tertiary alicyclic amines) is 1. The Morgan fingerprint density at radius 3 is 3.00 bits per heavy atom. The van der Waals surface area contributed by atoms with Crippen LogP contribution >= 0.6 is 0 Å². The van der Waals surface area contributed by atoms with Gasteiger partial charge in [0.05, 0.1) is 31.1 Å². The summed E-state index contributed by atoms with van der Waals surface area (Å²) < 4.78 is 17.0. The number of hydrogen-bond donors (Lipinski definition) is 0. The third-order valence-electron chi connectivity index (χ3n) is 5.53. The van der Waals surface area contributed by atoms with E-state index >= 15 is 0 Å². The van der Waals surface area contributed by atoms with Gasteiger partial charge in [0.25, 0.3) is 0 Å². The quantitative estimate of drug-likeness (QED) is 0.813. The molecule has 0 N–H and O–H groups in total. The summed E-state index contributed by atoms with van der Waals surface area (Å²) in [6.07, 6.45) is 1.54. The van der Waals surface area contributed by atoms with Crippen LogP contribution in [0.15, 0.2) is 22.9 Å². The number of hydrogen-bond acceptors (Lipinski definition) is 7. The molecule has 0 radical (unpaired) electrons. The van der Waals surface area contributed by atoms with Crippen LogP contribution in [-0.2, 0) is 11.3 Å². The zero-order chi connectivity index (χ0) is 18.1. The van der Waals surface area contributed by atoms with Crippen molar-refractivity contribution in [3.05, 3.63) is 40.9 Å². The minimum absolute atomic E-state index is 0.0193. The molecule has 0 unspecified atom stereocenters. The van der Waals surface area contributed by atoms with Gasteiger partial charge < -0.3 is 14.0 Å². The van der Waals surface area contributed by atoms with Gasteiger partial charge in [0.2, 0.25) is 5.88 Å². The lowest BCUT2D eigenvalue weighted by molar-refractivity contribution is 0.0880. The zero-order valence-corrected chi connectivity index (χ0v) is 15.1. The number of nitriles is 1. The summed E-state index contributed by atoms with van der Waals surface area (Å²) in [5.41, 5.74) is 2.65. The van der Waals surface area contributed by atoms with Crippen LogP contribution in [0.5, 0.6) is 5.88 Å².